The Hall–Kier alpha value is -0.650. The summed E-state index contributed by atoms with van der Waals surface area (Å²) in [6.07, 6.45) is 1.01. The second kappa shape index (κ2) is 6.83. The quantitative estimate of drug-likeness (QED) is 0.528. The zero-order valence-corrected chi connectivity index (χ0v) is 10.0. The lowest BCUT2D eigenvalue weighted by Gasteiger charge is -2.34. The van der Waals surface area contributed by atoms with Gasteiger partial charge in [-0.2, -0.15) is 0 Å². The number of hydrogen-bond donors (Lipinski definition) is 1. The molecule has 0 aromatic rings. The monoisotopic (exact) mass is 231 g/mol. The molecular formula is C11H21NO4. The first-order valence-electron chi connectivity index (χ1n) is 5.66. The maximum atomic E-state index is 11.4. The van der Waals surface area contributed by atoms with E-state index >= 15 is 0 Å². The molecule has 5 heteroatoms. The van der Waals surface area contributed by atoms with Crippen molar-refractivity contribution in [1.82, 2.24) is 4.90 Å². The molecule has 1 heterocycles. The molecule has 2 atom stereocenters. The van der Waals surface area contributed by atoms with Crippen molar-refractivity contribution in [1.29, 1.82) is 0 Å². The molecule has 94 valence electrons. The van der Waals surface area contributed by atoms with Crippen LogP contribution in [0.25, 0.3) is 0 Å². The highest BCUT2D eigenvalue weighted by Gasteiger charge is 2.33. The molecule has 5 nitrogen and oxygen atoms in total. The number of ether oxygens (including phenoxy) is 2. The summed E-state index contributed by atoms with van der Waals surface area (Å²) in [5.41, 5.74) is 0. The van der Waals surface area contributed by atoms with Crippen molar-refractivity contribution in [3.63, 3.8) is 0 Å². The first-order chi connectivity index (χ1) is 7.69. The summed E-state index contributed by atoms with van der Waals surface area (Å²) in [6, 6.07) is 0. The van der Waals surface area contributed by atoms with Crippen molar-refractivity contribution >= 4 is 5.97 Å². The molecule has 1 N–H and O–H groups in total. The lowest BCUT2D eigenvalue weighted by Crippen LogP contribution is -2.47. The van der Waals surface area contributed by atoms with Gasteiger partial charge in [0.1, 0.15) is 0 Å². The van der Waals surface area contributed by atoms with E-state index < -0.39 is 12.0 Å². The van der Waals surface area contributed by atoms with Crippen molar-refractivity contribution in [3.05, 3.63) is 0 Å². The van der Waals surface area contributed by atoms with E-state index in [9.17, 15) is 9.90 Å². The zero-order valence-electron chi connectivity index (χ0n) is 10.0. The Morgan fingerprint density at radius 3 is 2.88 bits per heavy atom. The molecule has 0 radical (unpaired) electrons. The number of nitrogens with zero attached hydrogens (tertiary/aromatic N) is 1. The van der Waals surface area contributed by atoms with Crippen LogP contribution in [0.1, 0.15) is 12.8 Å². The summed E-state index contributed by atoms with van der Waals surface area (Å²) in [7, 11) is 3.04. The third kappa shape index (κ3) is 3.73. The Morgan fingerprint density at radius 1 is 1.50 bits per heavy atom. The lowest BCUT2D eigenvalue weighted by molar-refractivity contribution is -0.152. The molecule has 1 aliphatic heterocycles. The van der Waals surface area contributed by atoms with Crippen LogP contribution in [-0.4, -0.2) is 62.5 Å². The summed E-state index contributed by atoms with van der Waals surface area (Å²) in [4.78, 5) is 13.6. The van der Waals surface area contributed by atoms with Crippen molar-refractivity contribution in [2.45, 2.75) is 18.9 Å². The van der Waals surface area contributed by atoms with Crippen LogP contribution >= 0.6 is 0 Å². The maximum absolute atomic E-state index is 11.4. The number of rotatable bonds is 5. The number of aliphatic hydroxyl groups is 1. The fourth-order valence-electron chi connectivity index (χ4n) is 2.03. The maximum Gasteiger partial charge on any atom is 0.312 e. The number of aliphatic hydroxyl groups excluding tert-OH is 1. The largest absolute Gasteiger partial charge is 0.469 e. The van der Waals surface area contributed by atoms with Crippen LogP contribution in [0.3, 0.4) is 0 Å². The van der Waals surface area contributed by atoms with Crippen LogP contribution < -0.4 is 0 Å². The van der Waals surface area contributed by atoms with Gasteiger partial charge in [-0.25, -0.2) is 0 Å². The molecule has 0 spiro atoms. The number of piperidine rings is 1. The molecule has 1 fully saturated rings. The molecule has 0 aromatic heterocycles. The van der Waals surface area contributed by atoms with Gasteiger partial charge in [0, 0.05) is 33.4 Å². The van der Waals surface area contributed by atoms with Crippen LogP contribution in [0.15, 0.2) is 0 Å². The molecule has 0 saturated carbocycles. The zero-order chi connectivity index (χ0) is 12.0. The first kappa shape index (κ1) is 13.4. The van der Waals surface area contributed by atoms with E-state index in [4.69, 9.17) is 4.74 Å². The van der Waals surface area contributed by atoms with E-state index in [1.165, 1.54) is 7.11 Å². The Labute approximate surface area is 96.3 Å². The van der Waals surface area contributed by atoms with E-state index in [0.717, 1.165) is 26.1 Å². The van der Waals surface area contributed by atoms with Gasteiger partial charge in [-0.15, -0.1) is 0 Å². The van der Waals surface area contributed by atoms with Gasteiger partial charge in [0.2, 0.25) is 0 Å². The topological polar surface area (TPSA) is 59.0 Å². The molecule has 1 aliphatic rings. The molecule has 1 rings (SSSR count). The van der Waals surface area contributed by atoms with Gasteiger partial charge in [0.25, 0.3) is 0 Å². The molecule has 0 aliphatic carbocycles. The van der Waals surface area contributed by atoms with Gasteiger partial charge < -0.3 is 19.5 Å². The second-order valence-electron chi connectivity index (χ2n) is 4.13. The molecule has 0 bridgehead atoms. The number of methoxy groups -OCH3 is 2. The first-order valence-corrected chi connectivity index (χ1v) is 5.66. The van der Waals surface area contributed by atoms with Crippen molar-refractivity contribution in [2.24, 2.45) is 5.92 Å². The highest BCUT2D eigenvalue weighted by Crippen LogP contribution is 2.18. The van der Waals surface area contributed by atoms with Gasteiger partial charge in [-0.3, -0.25) is 4.79 Å². The number of esters is 1. The SMILES string of the molecule is COCCCN1CC[C@H](O)[C@H](C(=O)OC)C1. The summed E-state index contributed by atoms with van der Waals surface area (Å²) in [5.74, 6) is -0.717. The minimum atomic E-state index is -0.564. The number of carbonyl (C=O) groups is 1. The third-order valence-corrected chi connectivity index (χ3v) is 2.99. The highest BCUT2D eigenvalue weighted by molar-refractivity contribution is 5.73. The fraction of sp³-hybridized carbons (Fsp3) is 0.909. The summed E-state index contributed by atoms with van der Waals surface area (Å²) in [6.45, 7) is 3.03. The van der Waals surface area contributed by atoms with Gasteiger partial charge in [0.05, 0.1) is 19.1 Å². The van der Waals surface area contributed by atoms with Crippen LogP contribution in [0.2, 0.25) is 0 Å². The third-order valence-electron chi connectivity index (χ3n) is 2.99. The predicted molar refractivity (Wildman–Crippen MR) is 59.1 cm³/mol. The summed E-state index contributed by atoms with van der Waals surface area (Å²) >= 11 is 0. The van der Waals surface area contributed by atoms with Crippen LogP contribution in [0.4, 0.5) is 0 Å². The lowest BCUT2D eigenvalue weighted by atomic mass is 9.95. The highest BCUT2D eigenvalue weighted by atomic mass is 16.5. The average molecular weight is 231 g/mol. The van der Waals surface area contributed by atoms with Gasteiger partial charge in [0.15, 0.2) is 0 Å². The van der Waals surface area contributed by atoms with Crippen molar-refractivity contribution in [3.8, 4) is 0 Å². The minimum Gasteiger partial charge on any atom is -0.469 e. The number of hydrogen-bond acceptors (Lipinski definition) is 5. The molecule has 1 saturated heterocycles. The molecular weight excluding hydrogens is 210 g/mol. The Balaban J connectivity index is 2.38. The van der Waals surface area contributed by atoms with Gasteiger partial charge in [-0.1, -0.05) is 0 Å². The minimum absolute atomic E-state index is 0.316. The van der Waals surface area contributed by atoms with E-state index in [1.807, 2.05) is 0 Å². The summed E-state index contributed by atoms with van der Waals surface area (Å²) in [5, 5.41) is 9.71. The average Bonchev–Trinajstić information content (AvgIpc) is 2.30. The molecule has 0 unspecified atom stereocenters. The molecule has 16 heavy (non-hydrogen) atoms. The van der Waals surface area contributed by atoms with Crippen molar-refractivity contribution < 1.29 is 19.4 Å². The van der Waals surface area contributed by atoms with E-state index in [0.29, 0.717) is 13.0 Å². The summed E-state index contributed by atoms with van der Waals surface area (Å²) < 4.78 is 9.67. The van der Waals surface area contributed by atoms with E-state index in [2.05, 4.69) is 9.64 Å². The Bertz CT molecular complexity index is 222. The molecule has 0 amide bonds. The van der Waals surface area contributed by atoms with E-state index in [-0.39, 0.29) is 5.97 Å². The van der Waals surface area contributed by atoms with Gasteiger partial charge in [-0.05, 0) is 12.8 Å². The van der Waals surface area contributed by atoms with E-state index in [1.54, 1.807) is 7.11 Å². The number of carbonyl (C=O) groups excluding carboxylic acids is 1. The number of likely N-dealkylation sites (tertiary alicyclic amines) is 1. The van der Waals surface area contributed by atoms with Crippen LogP contribution in [-0.2, 0) is 14.3 Å². The standard InChI is InChI=1S/C11H21NO4/c1-15-7-3-5-12-6-4-10(13)9(8-12)11(14)16-2/h9-10,13H,3-8H2,1-2H3/t9-,10+/m1/s1. The van der Waals surface area contributed by atoms with Gasteiger partial charge >= 0.3 is 5.97 Å². The Morgan fingerprint density at radius 2 is 2.25 bits per heavy atom. The normalized spacial score (nSPS) is 26.7. The van der Waals surface area contributed by atoms with Crippen LogP contribution in [0.5, 0.6) is 0 Å². The fourth-order valence-corrected chi connectivity index (χ4v) is 2.03. The second-order valence-corrected chi connectivity index (χ2v) is 4.13. The van der Waals surface area contributed by atoms with Crippen molar-refractivity contribution in [2.75, 3.05) is 40.5 Å². The van der Waals surface area contributed by atoms with Crippen LogP contribution in [0, 0.1) is 5.92 Å². The predicted octanol–water partition coefficient (Wildman–Crippen LogP) is -0.121. The molecule has 0 aromatic carbocycles. The smallest absolute Gasteiger partial charge is 0.312 e. The Kier molecular flexibility index (Phi) is 5.73.